The van der Waals surface area contributed by atoms with Crippen LogP contribution in [0.4, 0.5) is 10.1 Å². The summed E-state index contributed by atoms with van der Waals surface area (Å²) in [5, 5.41) is 9.16. The Labute approximate surface area is 133 Å². The van der Waals surface area contributed by atoms with Gasteiger partial charge in [-0.25, -0.2) is 9.18 Å². The minimum atomic E-state index is -1.01. The molecule has 0 aromatic heterocycles. The Kier molecular flexibility index (Phi) is 4.47. The van der Waals surface area contributed by atoms with Crippen molar-refractivity contribution in [2.75, 3.05) is 37.7 Å². The number of hydrogen-bond acceptors (Lipinski definition) is 4. The van der Waals surface area contributed by atoms with E-state index >= 15 is 0 Å². The second-order valence-electron chi connectivity index (χ2n) is 5.76. The van der Waals surface area contributed by atoms with Gasteiger partial charge in [0.15, 0.2) is 0 Å². The van der Waals surface area contributed by atoms with Crippen molar-refractivity contribution >= 4 is 17.6 Å². The number of carbonyl (C=O) groups excluding carboxylic acids is 1. The Morgan fingerprint density at radius 1 is 1.22 bits per heavy atom. The normalized spacial score (nSPS) is 21.5. The Morgan fingerprint density at radius 2 is 1.96 bits per heavy atom. The Bertz CT molecular complexity index is 616. The minimum Gasteiger partial charge on any atom is -0.480 e. The highest BCUT2D eigenvalue weighted by atomic mass is 19.1. The van der Waals surface area contributed by atoms with Gasteiger partial charge in [0.05, 0.1) is 18.9 Å². The van der Waals surface area contributed by atoms with E-state index in [0.717, 1.165) is 0 Å². The van der Waals surface area contributed by atoms with Crippen LogP contribution in [-0.4, -0.2) is 60.8 Å². The summed E-state index contributed by atoms with van der Waals surface area (Å²) in [5.74, 6) is -1.91. The van der Waals surface area contributed by atoms with Gasteiger partial charge in [0, 0.05) is 25.2 Å². The first kappa shape index (κ1) is 15.7. The standard InChI is InChI=1S/C16H19FN2O4/c17-12-10-11(3-4-13(12)18-6-8-23-9-7-18)15(20)19-5-1-2-14(19)16(21)22/h3-4,10,14H,1-2,5-9H2,(H,21,22). The van der Waals surface area contributed by atoms with Crippen molar-refractivity contribution in [1.29, 1.82) is 0 Å². The molecular formula is C16H19FN2O4. The second kappa shape index (κ2) is 6.54. The van der Waals surface area contributed by atoms with Crippen LogP contribution in [-0.2, 0) is 9.53 Å². The maximum Gasteiger partial charge on any atom is 0.326 e. The summed E-state index contributed by atoms with van der Waals surface area (Å²) < 4.78 is 19.6. The van der Waals surface area contributed by atoms with Crippen LogP contribution in [0.2, 0.25) is 0 Å². The molecule has 0 radical (unpaired) electrons. The van der Waals surface area contributed by atoms with Crippen LogP contribution in [0, 0.1) is 5.82 Å². The van der Waals surface area contributed by atoms with E-state index < -0.39 is 23.7 Å². The third-order valence-corrected chi connectivity index (χ3v) is 4.35. The molecule has 7 heteroatoms. The maximum atomic E-state index is 14.4. The number of likely N-dealkylation sites (tertiary alicyclic amines) is 1. The highest BCUT2D eigenvalue weighted by Gasteiger charge is 2.34. The van der Waals surface area contributed by atoms with Gasteiger partial charge in [0.25, 0.3) is 5.91 Å². The molecule has 0 saturated carbocycles. The van der Waals surface area contributed by atoms with Crippen molar-refractivity contribution in [2.24, 2.45) is 0 Å². The molecule has 1 amide bonds. The first-order valence-corrected chi connectivity index (χ1v) is 7.74. The van der Waals surface area contributed by atoms with Crippen molar-refractivity contribution in [2.45, 2.75) is 18.9 Å². The first-order chi connectivity index (χ1) is 11.1. The number of benzene rings is 1. The predicted octanol–water partition coefficient (Wildman–Crippen LogP) is 1.35. The van der Waals surface area contributed by atoms with Gasteiger partial charge in [-0.15, -0.1) is 0 Å². The van der Waals surface area contributed by atoms with E-state index in [0.29, 0.717) is 51.4 Å². The lowest BCUT2D eigenvalue weighted by Gasteiger charge is -2.29. The quantitative estimate of drug-likeness (QED) is 0.910. The molecule has 2 aliphatic rings. The molecule has 0 bridgehead atoms. The highest BCUT2D eigenvalue weighted by Crippen LogP contribution is 2.25. The number of amides is 1. The van der Waals surface area contributed by atoms with Gasteiger partial charge >= 0.3 is 5.97 Å². The largest absolute Gasteiger partial charge is 0.480 e. The topological polar surface area (TPSA) is 70.1 Å². The molecule has 2 fully saturated rings. The monoisotopic (exact) mass is 322 g/mol. The molecule has 2 heterocycles. The summed E-state index contributed by atoms with van der Waals surface area (Å²) in [6, 6.07) is 3.53. The lowest BCUT2D eigenvalue weighted by molar-refractivity contribution is -0.141. The molecule has 1 aromatic carbocycles. The molecule has 23 heavy (non-hydrogen) atoms. The first-order valence-electron chi connectivity index (χ1n) is 7.74. The number of rotatable bonds is 3. The lowest BCUT2D eigenvalue weighted by Crippen LogP contribution is -2.40. The van der Waals surface area contributed by atoms with E-state index in [9.17, 15) is 14.0 Å². The molecule has 2 aliphatic heterocycles. The number of carboxylic acids is 1. The van der Waals surface area contributed by atoms with E-state index in [1.54, 1.807) is 12.1 Å². The van der Waals surface area contributed by atoms with Crippen molar-refractivity contribution < 1.29 is 23.8 Å². The molecule has 6 nitrogen and oxygen atoms in total. The Hall–Kier alpha value is -2.15. The zero-order valence-electron chi connectivity index (χ0n) is 12.7. The van der Waals surface area contributed by atoms with Crippen molar-refractivity contribution in [3.8, 4) is 0 Å². The summed E-state index contributed by atoms with van der Waals surface area (Å²) >= 11 is 0. The number of aliphatic carboxylic acids is 1. The van der Waals surface area contributed by atoms with Crippen LogP contribution < -0.4 is 4.90 Å². The van der Waals surface area contributed by atoms with Crippen molar-refractivity contribution in [3.63, 3.8) is 0 Å². The van der Waals surface area contributed by atoms with Gasteiger partial charge < -0.3 is 19.6 Å². The molecule has 3 rings (SSSR count). The fourth-order valence-corrected chi connectivity index (χ4v) is 3.13. The molecule has 1 aromatic rings. The van der Waals surface area contributed by atoms with E-state index in [1.807, 2.05) is 4.90 Å². The number of halogens is 1. The zero-order chi connectivity index (χ0) is 16.4. The molecule has 0 aliphatic carbocycles. The number of ether oxygens (including phenoxy) is 1. The molecule has 1 N–H and O–H groups in total. The SMILES string of the molecule is O=C(O)C1CCCN1C(=O)c1ccc(N2CCOCC2)c(F)c1. The fourth-order valence-electron chi connectivity index (χ4n) is 3.13. The second-order valence-corrected chi connectivity index (χ2v) is 5.76. The third kappa shape index (κ3) is 3.14. The van der Waals surface area contributed by atoms with Gasteiger partial charge in [-0.2, -0.15) is 0 Å². The van der Waals surface area contributed by atoms with E-state index in [1.165, 1.54) is 11.0 Å². The molecule has 2 saturated heterocycles. The number of carboxylic acid groups (broad SMARTS) is 1. The molecule has 124 valence electrons. The van der Waals surface area contributed by atoms with Gasteiger partial charge in [0.1, 0.15) is 11.9 Å². The third-order valence-electron chi connectivity index (χ3n) is 4.35. The van der Waals surface area contributed by atoms with Crippen molar-refractivity contribution in [1.82, 2.24) is 4.90 Å². The predicted molar refractivity (Wildman–Crippen MR) is 81.1 cm³/mol. The lowest BCUT2D eigenvalue weighted by atomic mass is 10.1. The van der Waals surface area contributed by atoms with Gasteiger partial charge in [-0.3, -0.25) is 4.79 Å². The molecule has 1 unspecified atom stereocenters. The summed E-state index contributed by atoms with van der Waals surface area (Å²) in [4.78, 5) is 26.8. The Balaban J connectivity index is 1.79. The minimum absolute atomic E-state index is 0.188. The summed E-state index contributed by atoms with van der Waals surface area (Å²) in [6.07, 6.45) is 1.09. The summed E-state index contributed by atoms with van der Waals surface area (Å²) in [6.45, 7) is 2.71. The number of nitrogens with zero attached hydrogens (tertiary/aromatic N) is 2. The van der Waals surface area contributed by atoms with E-state index in [-0.39, 0.29) is 5.56 Å². The van der Waals surface area contributed by atoms with Crippen LogP contribution >= 0.6 is 0 Å². The van der Waals surface area contributed by atoms with Crippen LogP contribution in [0.5, 0.6) is 0 Å². The van der Waals surface area contributed by atoms with E-state index in [4.69, 9.17) is 9.84 Å². The van der Waals surface area contributed by atoms with Crippen molar-refractivity contribution in [3.05, 3.63) is 29.6 Å². The van der Waals surface area contributed by atoms with Crippen LogP contribution in [0.1, 0.15) is 23.2 Å². The van der Waals surface area contributed by atoms with Crippen LogP contribution in [0.3, 0.4) is 0 Å². The Morgan fingerprint density at radius 3 is 2.61 bits per heavy atom. The highest BCUT2D eigenvalue weighted by molar-refractivity contribution is 5.97. The van der Waals surface area contributed by atoms with Crippen LogP contribution in [0.25, 0.3) is 0 Å². The number of carbonyl (C=O) groups is 2. The number of morpholine rings is 1. The maximum absolute atomic E-state index is 14.4. The van der Waals surface area contributed by atoms with Gasteiger partial charge in [-0.1, -0.05) is 0 Å². The molecule has 0 spiro atoms. The number of hydrogen-bond donors (Lipinski definition) is 1. The summed E-state index contributed by atoms with van der Waals surface area (Å²) in [7, 11) is 0. The number of anilines is 1. The fraction of sp³-hybridized carbons (Fsp3) is 0.500. The zero-order valence-corrected chi connectivity index (χ0v) is 12.7. The van der Waals surface area contributed by atoms with Crippen LogP contribution in [0.15, 0.2) is 18.2 Å². The van der Waals surface area contributed by atoms with E-state index in [2.05, 4.69) is 0 Å². The average Bonchev–Trinajstić information content (AvgIpc) is 3.04. The molecular weight excluding hydrogens is 303 g/mol. The molecule has 1 atom stereocenters. The summed E-state index contributed by atoms with van der Waals surface area (Å²) in [5.41, 5.74) is 0.633. The van der Waals surface area contributed by atoms with Gasteiger partial charge in [0.2, 0.25) is 0 Å². The van der Waals surface area contributed by atoms with Gasteiger partial charge in [-0.05, 0) is 31.0 Å². The average molecular weight is 322 g/mol. The smallest absolute Gasteiger partial charge is 0.326 e.